The molecule has 0 spiro atoms. The molecule has 24 heavy (non-hydrogen) atoms. The fourth-order valence-corrected chi connectivity index (χ4v) is 5.49. The van der Waals surface area contributed by atoms with Gasteiger partial charge in [0.1, 0.15) is 0 Å². The molecule has 1 aromatic carbocycles. The molecule has 7 heteroatoms. The summed E-state index contributed by atoms with van der Waals surface area (Å²) in [6, 6.07) is 5.28. The van der Waals surface area contributed by atoms with Gasteiger partial charge in [-0.3, -0.25) is 14.4 Å². The van der Waals surface area contributed by atoms with Crippen LogP contribution in [0.3, 0.4) is 0 Å². The predicted molar refractivity (Wildman–Crippen MR) is 83.2 cm³/mol. The van der Waals surface area contributed by atoms with Crippen molar-refractivity contribution in [3.05, 3.63) is 42.0 Å². The molecule has 1 saturated carbocycles. The summed E-state index contributed by atoms with van der Waals surface area (Å²) in [7, 11) is -4.25. The van der Waals surface area contributed by atoms with E-state index < -0.39 is 33.7 Å². The second kappa shape index (κ2) is 4.86. The van der Waals surface area contributed by atoms with Crippen LogP contribution < -0.4 is 0 Å². The zero-order valence-electron chi connectivity index (χ0n) is 12.9. The van der Waals surface area contributed by atoms with Gasteiger partial charge in [-0.25, -0.2) is 8.42 Å². The van der Waals surface area contributed by atoms with Crippen molar-refractivity contribution in [2.45, 2.75) is 18.2 Å². The number of amides is 2. The normalized spacial score (nSPS) is 31.0. The van der Waals surface area contributed by atoms with Crippen LogP contribution in [0.5, 0.6) is 0 Å². The second-order valence-electron chi connectivity index (χ2n) is 6.53. The Morgan fingerprint density at radius 1 is 1.00 bits per heavy atom. The Labute approximate surface area is 139 Å². The summed E-state index contributed by atoms with van der Waals surface area (Å²) in [6.07, 6.45) is 4.57. The van der Waals surface area contributed by atoms with Crippen LogP contribution >= 0.6 is 0 Å². The Bertz CT molecular complexity index is 869. The molecule has 2 fully saturated rings. The average Bonchev–Trinajstić information content (AvgIpc) is 3.21. The number of fused-ring (bicyclic) bond motifs is 5. The third-order valence-corrected chi connectivity index (χ3v) is 6.94. The number of hydrogen-bond acceptors (Lipinski definition) is 5. The van der Waals surface area contributed by atoms with E-state index in [-0.39, 0.29) is 22.5 Å². The van der Waals surface area contributed by atoms with Crippen LogP contribution in [0.1, 0.15) is 23.7 Å². The number of allylic oxidation sites excluding steroid dienone is 2. The first-order chi connectivity index (χ1) is 11.3. The highest BCUT2D eigenvalue weighted by Crippen LogP contribution is 2.53. The number of carbonyl (C=O) groups is 3. The standard InChI is InChI=1S/C17H15NO5S/c1-9(19)10-4-6-13(7-5-10)24(22,23)18-16(20)14-11-2-3-12(8-11)15(14)17(18)21/h2-7,11-12,14-15H,8H2,1H3. The number of benzene rings is 1. The van der Waals surface area contributed by atoms with Crippen molar-refractivity contribution in [1.29, 1.82) is 0 Å². The lowest BCUT2D eigenvalue weighted by molar-refractivity contribution is -0.134. The molecule has 3 aliphatic rings. The van der Waals surface area contributed by atoms with Gasteiger partial charge in [0.15, 0.2) is 5.78 Å². The third kappa shape index (κ3) is 1.87. The first-order valence-corrected chi connectivity index (χ1v) is 9.18. The number of carbonyl (C=O) groups excluding carboxylic acids is 3. The lowest BCUT2D eigenvalue weighted by atomic mass is 9.85. The van der Waals surface area contributed by atoms with Gasteiger partial charge in [-0.15, -0.1) is 0 Å². The smallest absolute Gasteiger partial charge is 0.273 e. The van der Waals surface area contributed by atoms with Gasteiger partial charge in [0.05, 0.1) is 16.7 Å². The molecular weight excluding hydrogens is 330 g/mol. The monoisotopic (exact) mass is 345 g/mol. The molecule has 4 atom stereocenters. The number of rotatable bonds is 3. The molecule has 2 bridgehead atoms. The number of nitrogens with zero attached hydrogens (tertiary/aromatic N) is 1. The molecule has 2 amide bonds. The van der Waals surface area contributed by atoms with Crippen molar-refractivity contribution in [2.24, 2.45) is 23.7 Å². The molecule has 1 saturated heterocycles. The predicted octanol–water partition coefficient (Wildman–Crippen LogP) is 1.39. The van der Waals surface area contributed by atoms with Gasteiger partial charge >= 0.3 is 0 Å². The van der Waals surface area contributed by atoms with Gasteiger partial charge in [-0.1, -0.05) is 24.3 Å². The number of hydrogen-bond donors (Lipinski definition) is 0. The van der Waals surface area contributed by atoms with Gasteiger partial charge in [-0.05, 0) is 37.3 Å². The molecule has 0 N–H and O–H groups in total. The van der Waals surface area contributed by atoms with Crippen LogP contribution in [0, 0.1) is 23.7 Å². The highest BCUT2D eigenvalue weighted by atomic mass is 32.2. The molecule has 6 nitrogen and oxygen atoms in total. The number of sulfonamides is 1. The van der Waals surface area contributed by atoms with Crippen LogP contribution in [0.25, 0.3) is 0 Å². The van der Waals surface area contributed by atoms with Gasteiger partial charge < -0.3 is 0 Å². The lowest BCUT2D eigenvalue weighted by Gasteiger charge is -2.17. The van der Waals surface area contributed by atoms with E-state index in [1.807, 2.05) is 12.2 Å². The Hall–Kier alpha value is -2.28. The highest BCUT2D eigenvalue weighted by molar-refractivity contribution is 7.90. The van der Waals surface area contributed by atoms with E-state index in [2.05, 4.69) is 0 Å². The molecular formula is C17H15NO5S. The molecule has 4 rings (SSSR count). The minimum absolute atomic E-state index is 0.0447. The summed E-state index contributed by atoms with van der Waals surface area (Å²) in [5.74, 6) is -2.65. The van der Waals surface area contributed by atoms with Crippen molar-refractivity contribution >= 4 is 27.6 Å². The lowest BCUT2D eigenvalue weighted by Crippen LogP contribution is -2.38. The fourth-order valence-electron chi connectivity index (χ4n) is 4.08. The second-order valence-corrected chi connectivity index (χ2v) is 8.31. The van der Waals surface area contributed by atoms with Crippen LogP contribution in [-0.4, -0.2) is 30.3 Å². The maximum atomic E-state index is 12.8. The van der Waals surface area contributed by atoms with E-state index in [1.54, 1.807) is 0 Å². The van der Waals surface area contributed by atoms with Crippen molar-refractivity contribution in [3.8, 4) is 0 Å². The summed E-state index contributed by atoms with van der Waals surface area (Å²) in [4.78, 5) is 36.4. The van der Waals surface area contributed by atoms with E-state index in [9.17, 15) is 22.8 Å². The maximum absolute atomic E-state index is 12.8. The van der Waals surface area contributed by atoms with E-state index >= 15 is 0 Å². The van der Waals surface area contributed by atoms with Crippen molar-refractivity contribution in [3.63, 3.8) is 0 Å². The Balaban J connectivity index is 1.72. The Morgan fingerprint density at radius 2 is 1.50 bits per heavy atom. The van der Waals surface area contributed by atoms with E-state index in [4.69, 9.17) is 0 Å². The van der Waals surface area contributed by atoms with Crippen molar-refractivity contribution < 1.29 is 22.8 Å². The van der Waals surface area contributed by atoms with E-state index in [1.165, 1.54) is 31.2 Å². The Kier molecular flexibility index (Phi) is 3.09. The number of ketones is 1. The van der Waals surface area contributed by atoms with Crippen LogP contribution in [0.2, 0.25) is 0 Å². The summed E-state index contributed by atoms with van der Waals surface area (Å²) in [5.41, 5.74) is 0.368. The molecule has 0 aromatic heterocycles. The van der Waals surface area contributed by atoms with Gasteiger partial charge in [0, 0.05) is 5.56 Å². The first-order valence-electron chi connectivity index (χ1n) is 7.74. The minimum Gasteiger partial charge on any atom is -0.295 e. The molecule has 124 valence electrons. The maximum Gasteiger partial charge on any atom is 0.273 e. The largest absolute Gasteiger partial charge is 0.295 e. The first kappa shape index (κ1) is 15.3. The van der Waals surface area contributed by atoms with Gasteiger partial charge in [-0.2, -0.15) is 4.31 Å². The molecule has 2 aliphatic carbocycles. The van der Waals surface area contributed by atoms with Gasteiger partial charge in [0.2, 0.25) is 11.8 Å². The van der Waals surface area contributed by atoms with E-state index in [0.717, 1.165) is 6.42 Å². The van der Waals surface area contributed by atoms with Crippen LogP contribution in [-0.2, 0) is 19.6 Å². The number of Topliss-reactive ketones (excluding diaryl/α,β-unsaturated/α-hetero) is 1. The Morgan fingerprint density at radius 3 is 1.96 bits per heavy atom. The zero-order valence-corrected chi connectivity index (χ0v) is 13.7. The third-order valence-electron chi connectivity index (χ3n) is 5.23. The zero-order chi connectivity index (χ0) is 17.2. The van der Waals surface area contributed by atoms with E-state index in [0.29, 0.717) is 9.87 Å². The highest BCUT2D eigenvalue weighted by Gasteiger charge is 2.62. The molecule has 1 aromatic rings. The SMILES string of the molecule is CC(=O)c1ccc(S(=O)(=O)N2C(=O)C3C4C=CC(C4)C3C2=O)cc1. The van der Waals surface area contributed by atoms with Crippen molar-refractivity contribution in [2.75, 3.05) is 0 Å². The summed E-state index contributed by atoms with van der Waals surface area (Å²) < 4.78 is 26.0. The summed E-state index contributed by atoms with van der Waals surface area (Å²) in [5, 5.41) is 0. The molecule has 1 heterocycles. The average molecular weight is 345 g/mol. The molecule has 1 aliphatic heterocycles. The quantitative estimate of drug-likeness (QED) is 0.469. The minimum atomic E-state index is -4.25. The van der Waals surface area contributed by atoms with Gasteiger partial charge in [0.25, 0.3) is 10.0 Å². The number of imide groups is 1. The topological polar surface area (TPSA) is 88.6 Å². The molecule has 0 radical (unpaired) electrons. The molecule has 4 unspecified atom stereocenters. The summed E-state index contributed by atoms with van der Waals surface area (Å²) >= 11 is 0. The van der Waals surface area contributed by atoms with Crippen LogP contribution in [0.15, 0.2) is 41.3 Å². The summed E-state index contributed by atoms with van der Waals surface area (Å²) in [6.45, 7) is 1.38. The fraction of sp³-hybridized carbons (Fsp3) is 0.353. The van der Waals surface area contributed by atoms with Crippen LogP contribution in [0.4, 0.5) is 0 Å². The van der Waals surface area contributed by atoms with Crippen molar-refractivity contribution in [1.82, 2.24) is 4.31 Å².